The van der Waals surface area contributed by atoms with Crippen LogP contribution >= 0.6 is 24.8 Å². The van der Waals surface area contributed by atoms with E-state index in [4.69, 9.17) is 5.11 Å². The van der Waals surface area contributed by atoms with Crippen LogP contribution in [0, 0.1) is 12.3 Å². The Kier molecular flexibility index (Phi) is 4.62. The lowest BCUT2D eigenvalue weighted by atomic mass is 9.81. The monoisotopic (exact) mass is 312 g/mol. The average Bonchev–Trinajstić information content (AvgIpc) is 2.93. The van der Waals surface area contributed by atoms with Gasteiger partial charge in [-0.3, -0.25) is 4.79 Å². The van der Waals surface area contributed by atoms with Crippen LogP contribution in [0.3, 0.4) is 0 Å². The van der Waals surface area contributed by atoms with Crippen molar-refractivity contribution in [1.29, 1.82) is 0 Å². The molecule has 1 aliphatic rings. The fourth-order valence-electron chi connectivity index (χ4n) is 2.42. The van der Waals surface area contributed by atoms with E-state index in [0.29, 0.717) is 5.56 Å². The number of halogens is 3. The maximum atomic E-state index is 13.1. The highest BCUT2D eigenvalue weighted by molar-refractivity contribution is 7.59. The Morgan fingerprint density at radius 2 is 2.11 bits per heavy atom. The second-order valence-corrected chi connectivity index (χ2v) is 5.91. The lowest BCUT2D eigenvalue weighted by molar-refractivity contribution is -0.195. The first-order valence-corrected chi connectivity index (χ1v) is 6.48. The van der Waals surface area contributed by atoms with Crippen molar-refractivity contribution in [2.75, 3.05) is 0 Å². The number of rotatable bonds is 4. The van der Waals surface area contributed by atoms with E-state index in [0.717, 1.165) is 4.88 Å². The third-order valence-corrected chi connectivity index (χ3v) is 4.43. The molecule has 0 aromatic carbocycles. The normalized spacial score (nSPS) is 18.5. The molecule has 2 rings (SSSR count). The van der Waals surface area contributed by atoms with Crippen LogP contribution in [-0.4, -0.2) is 17.3 Å². The molecule has 0 aliphatic heterocycles. The Morgan fingerprint density at radius 3 is 2.42 bits per heavy atom. The summed E-state index contributed by atoms with van der Waals surface area (Å²) in [4.78, 5) is 11.7. The second kappa shape index (κ2) is 5.36. The van der Waals surface area contributed by atoms with Gasteiger partial charge in [-0.2, -0.15) is 26.7 Å². The Bertz CT molecular complexity index is 464. The maximum absolute atomic E-state index is 13.1. The van der Waals surface area contributed by atoms with Gasteiger partial charge in [0.15, 0.2) is 0 Å². The first-order chi connectivity index (χ1) is 8.26. The first-order valence-electron chi connectivity index (χ1n) is 5.60. The van der Waals surface area contributed by atoms with E-state index in [1.165, 1.54) is 11.3 Å². The van der Waals surface area contributed by atoms with E-state index < -0.39 is 29.9 Å². The highest BCUT2D eigenvalue weighted by Gasteiger charge is 2.67. The highest BCUT2D eigenvalue weighted by Crippen LogP contribution is 2.66. The number of aryl methyl sites for hydroxylation is 1. The molecule has 0 saturated heterocycles. The molecule has 0 unspecified atom stereocenters. The van der Waals surface area contributed by atoms with Crippen LogP contribution in [0.25, 0.3) is 0 Å². The Labute approximate surface area is 120 Å². The molecule has 0 bridgehead atoms. The van der Waals surface area contributed by atoms with Crippen molar-refractivity contribution in [3.8, 4) is 0 Å². The summed E-state index contributed by atoms with van der Waals surface area (Å²) in [6.07, 6.45) is -4.73. The molecule has 1 heterocycles. The average molecular weight is 312 g/mol. The molecule has 1 aromatic rings. The van der Waals surface area contributed by atoms with Crippen LogP contribution in [0.2, 0.25) is 0 Å². The molecule has 1 aliphatic carbocycles. The molecular formula is C12H15F3O2S2. The van der Waals surface area contributed by atoms with Crippen molar-refractivity contribution < 1.29 is 23.1 Å². The summed E-state index contributed by atoms with van der Waals surface area (Å²) in [5.74, 6) is -2.14. The molecule has 1 N–H and O–H groups in total. The summed E-state index contributed by atoms with van der Waals surface area (Å²) in [6, 6.07) is 1.67. The summed E-state index contributed by atoms with van der Waals surface area (Å²) >= 11 is 1.35. The molecule has 0 radical (unpaired) electrons. The summed E-state index contributed by atoms with van der Waals surface area (Å²) in [6.45, 7) is 1.80. The van der Waals surface area contributed by atoms with Crippen LogP contribution in [0.5, 0.6) is 0 Å². The minimum atomic E-state index is -4.33. The second-order valence-electron chi connectivity index (χ2n) is 4.80. The molecule has 1 aromatic heterocycles. The summed E-state index contributed by atoms with van der Waals surface area (Å²) < 4.78 is 39.3. The number of thiophene rings is 1. The fourth-order valence-corrected chi connectivity index (χ4v) is 3.18. The summed E-state index contributed by atoms with van der Waals surface area (Å²) in [7, 11) is 0. The number of alkyl halides is 3. The van der Waals surface area contributed by atoms with Gasteiger partial charge in [0.1, 0.15) is 0 Å². The van der Waals surface area contributed by atoms with E-state index in [1.54, 1.807) is 18.4 Å². The van der Waals surface area contributed by atoms with Gasteiger partial charge in [-0.05, 0) is 36.8 Å². The topological polar surface area (TPSA) is 37.3 Å². The van der Waals surface area contributed by atoms with Gasteiger partial charge in [0.25, 0.3) is 0 Å². The van der Waals surface area contributed by atoms with E-state index in [2.05, 4.69) is 0 Å². The van der Waals surface area contributed by atoms with E-state index in [9.17, 15) is 18.0 Å². The lowest BCUT2D eigenvalue weighted by Gasteiger charge is -2.27. The quantitative estimate of drug-likeness (QED) is 0.910. The molecule has 108 valence electrons. The van der Waals surface area contributed by atoms with Gasteiger partial charge in [0.05, 0.1) is 11.8 Å². The van der Waals surface area contributed by atoms with Gasteiger partial charge < -0.3 is 5.11 Å². The van der Waals surface area contributed by atoms with Crippen LogP contribution in [0.15, 0.2) is 11.4 Å². The van der Waals surface area contributed by atoms with Crippen molar-refractivity contribution in [1.82, 2.24) is 0 Å². The van der Waals surface area contributed by atoms with Gasteiger partial charge in [0, 0.05) is 10.8 Å². The molecule has 1 fully saturated rings. The zero-order valence-corrected chi connectivity index (χ0v) is 12.1. The van der Waals surface area contributed by atoms with Crippen LogP contribution in [0.1, 0.15) is 35.6 Å². The zero-order valence-electron chi connectivity index (χ0n) is 10.3. The number of hydrogen-bond donors (Lipinski definition) is 1. The number of hydrogen-bond acceptors (Lipinski definition) is 2. The minimum Gasteiger partial charge on any atom is -0.481 e. The predicted octanol–water partition coefficient (Wildman–Crippen LogP) is 4.07. The predicted molar refractivity (Wildman–Crippen MR) is 72.2 cm³/mol. The number of carboxylic acid groups (broad SMARTS) is 1. The molecule has 0 amide bonds. The summed E-state index contributed by atoms with van der Waals surface area (Å²) in [5, 5.41) is 10.5. The molecule has 1 atom stereocenters. The van der Waals surface area contributed by atoms with Crippen molar-refractivity contribution in [2.45, 2.75) is 38.3 Å². The molecule has 1 saturated carbocycles. The SMILES string of the molecule is Cc1cc([C@@H](CC(=O)O)C2(C(F)(F)F)CC2)cs1.S. The van der Waals surface area contributed by atoms with Crippen LogP contribution in [0.4, 0.5) is 13.2 Å². The minimum absolute atomic E-state index is 0. The van der Waals surface area contributed by atoms with Crippen molar-refractivity contribution >= 4 is 30.8 Å². The van der Waals surface area contributed by atoms with Crippen molar-refractivity contribution in [3.63, 3.8) is 0 Å². The smallest absolute Gasteiger partial charge is 0.395 e. The van der Waals surface area contributed by atoms with Gasteiger partial charge >= 0.3 is 12.1 Å². The lowest BCUT2D eigenvalue weighted by Crippen LogP contribution is -2.32. The Morgan fingerprint density at radius 1 is 1.53 bits per heavy atom. The van der Waals surface area contributed by atoms with Gasteiger partial charge in [-0.25, -0.2) is 0 Å². The largest absolute Gasteiger partial charge is 0.481 e. The molecule has 0 spiro atoms. The zero-order chi connectivity index (χ0) is 13.6. The van der Waals surface area contributed by atoms with Crippen molar-refractivity contribution in [2.24, 2.45) is 5.41 Å². The number of carbonyl (C=O) groups is 1. The van der Waals surface area contributed by atoms with E-state index in [-0.39, 0.29) is 26.3 Å². The third kappa shape index (κ3) is 3.08. The summed E-state index contributed by atoms with van der Waals surface area (Å²) in [5.41, 5.74) is -1.31. The molecular weight excluding hydrogens is 297 g/mol. The Balaban J connectivity index is 0.00000180. The Hall–Kier alpha value is -0.690. The fraction of sp³-hybridized carbons (Fsp3) is 0.583. The highest BCUT2D eigenvalue weighted by atomic mass is 32.1. The van der Waals surface area contributed by atoms with Crippen LogP contribution < -0.4 is 0 Å². The van der Waals surface area contributed by atoms with Gasteiger partial charge in [0.2, 0.25) is 0 Å². The standard InChI is InChI=1S/C12H13F3O2S.H2S/c1-7-4-8(6-18-7)9(5-10(16)17)11(2-3-11)12(13,14)15;/h4,6,9H,2-3,5H2,1H3,(H,16,17);1H2/t9-;/m1./s1. The third-order valence-electron chi connectivity index (χ3n) is 3.55. The van der Waals surface area contributed by atoms with E-state index in [1.807, 2.05) is 0 Å². The molecule has 7 heteroatoms. The first kappa shape index (κ1) is 16.4. The van der Waals surface area contributed by atoms with Crippen LogP contribution in [-0.2, 0) is 4.79 Å². The van der Waals surface area contributed by atoms with Gasteiger partial charge in [-0.1, -0.05) is 0 Å². The van der Waals surface area contributed by atoms with E-state index >= 15 is 0 Å². The number of aliphatic carboxylic acids is 1. The maximum Gasteiger partial charge on any atom is 0.395 e. The molecule has 2 nitrogen and oxygen atoms in total. The molecule has 19 heavy (non-hydrogen) atoms. The van der Waals surface area contributed by atoms with Gasteiger partial charge in [-0.15, -0.1) is 11.3 Å². The number of carboxylic acids is 1. The van der Waals surface area contributed by atoms with Crippen molar-refractivity contribution in [3.05, 3.63) is 21.9 Å².